The lowest BCUT2D eigenvalue weighted by Gasteiger charge is -2.04. The molecule has 0 amide bonds. The number of halogens is 2. The van der Waals surface area contributed by atoms with Crippen LogP contribution in [0.1, 0.15) is 5.56 Å². The van der Waals surface area contributed by atoms with Gasteiger partial charge in [-0.2, -0.15) is 0 Å². The van der Waals surface area contributed by atoms with Gasteiger partial charge in [0.25, 0.3) is 0 Å². The second kappa shape index (κ2) is 5.14. The van der Waals surface area contributed by atoms with Crippen molar-refractivity contribution in [3.05, 3.63) is 53.9 Å². The average molecular weight is 252 g/mol. The summed E-state index contributed by atoms with van der Waals surface area (Å²) in [4.78, 5) is 4.22. The van der Waals surface area contributed by atoms with E-state index in [0.29, 0.717) is 21.9 Å². The van der Waals surface area contributed by atoms with Gasteiger partial charge in [0.2, 0.25) is 0 Å². The molecule has 0 aliphatic carbocycles. The fourth-order valence-electron chi connectivity index (χ4n) is 1.33. The summed E-state index contributed by atoms with van der Waals surface area (Å²) in [5.41, 5.74) is 6.55. The Morgan fingerprint density at radius 1 is 1.18 bits per heavy atom. The van der Waals surface area contributed by atoms with E-state index in [0.717, 1.165) is 6.20 Å². The second-order valence-electron chi connectivity index (χ2n) is 3.49. The van der Waals surface area contributed by atoms with Crippen molar-refractivity contribution in [2.24, 2.45) is 0 Å². The first-order chi connectivity index (χ1) is 8.15. The minimum Gasteiger partial charge on any atom is -0.399 e. The lowest BCUT2D eigenvalue weighted by Crippen LogP contribution is -1.89. The van der Waals surface area contributed by atoms with Crippen molar-refractivity contribution in [3.63, 3.8) is 0 Å². The molecule has 0 aliphatic rings. The van der Waals surface area contributed by atoms with Crippen molar-refractivity contribution in [1.29, 1.82) is 0 Å². The molecule has 0 aliphatic heterocycles. The quantitative estimate of drug-likeness (QED) is 0.673. The number of anilines is 1. The van der Waals surface area contributed by atoms with Gasteiger partial charge in [0, 0.05) is 22.5 Å². The molecule has 0 radical (unpaired) electrons. The normalized spacial score (nSPS) is 10.5. The highest BCUT2D eigenvalue weighted by molar-refractivity contribution is 7.98. The predicted octanol–water partition coefficient (Wildman–Crippen LogP) is 3.23. The van der Waals surface area contributed by atoms with Crippen molar-refractivity contribution < 1.29 is 8.78 Å². The molecule has 2 aromatic rings. The molecule has 1 aromatic carbocycles. The van der Waals surface area contributed by atoms with Crippen molar-refractivity contribution in [2.75, 3.05) is 5.73 Å². The van der Waals surface area contributed by atoms with Gasteiger partial charge in [0.1, 0.15) is 11.6 Å². The molecule has 1 heterocycles. The van der Waals surface area contributed by atoms with Gasteiger partial charge in [0.15, 0.2) is 0 Å². The van der Waals surface area contributed by atoms with Crippen LogP contribution in [-0.4, -0.2) is 4.98 Å². The molecule has 5 heteroatoms. The van der Waals surface area contributed by atoms with E-state index in [1.165, 1.54) is 23.9 Å². The topological polar surface area (TPSA) is 38.9 Å². The third kappa shape index (κ3) is 3.17. The molecule has 0 bridgehead atoms. The van der Waals surface area contributed by atoms with E-state index in [1.807, 2.05) is 0 Å². The summed E-state index contributed by atoms with van der Waals surface area (Å²) in [6.07, 6.45) is 2.70. The van der Waals surface area contributed by atoms with Gasteiger partial charge in [-0.05, 0) is 29.8 Å². The Kier molecular flexibility index (Phi) is 3.58. The zero-order valence-corrected chi connectivity index (χ0v) is 9.68. The van der Waals surface area contributed by atoms with Crippen molar-refractivity contribution in [2.45, 2.75) is 10.6 Å². The standard InChI is InChI=1S/C12H10F2N2S/c13-9-3-8(5-16-6-9)7-17-12-2-1-10(15)4-11(12)14/h1-6H,7,15H2. The van der Waals surface area contributed by atoms with E-state index >= 15 is 0 Å². The summed E-state index contributed by atoms with van der Waals surface area (Å²) in [6.45, 7) is 0. The zero-order valence-electron chi connectivity index (χ0n) is 8.86. The lowest BCUT2D eigenvalue weighted by atomic mass is 10.3. The largest absolute Gasteiger partial charge is 0.399 e. The number of nitrogen functional groups attached to an aromatic ring is 1. The van der Waals surface area contributed by atoms with Crippen molar-refractivity contribution >= 4 is 17.4 Å². The fourth-order valence-corrected chi connectivity index (χ4v) is 2.17. The van der Waals surface area contributed by atoms with Gasteiger partial charge < -0.3 is 5.73 Å². The molecule has 1 aromatic heterocycles. The number of pyridine rings is 1. The first-order valence-corrected chi connectivity index (χ1v) is 5.91. The Hall–Kier alpha value is -1.62. The fraction of sp³-hybridized carbons (Fsp3) is 0.0833. The van der Waals surface area contributed by atoms with Gasteiger partial charge in [0.05, 0.1) is 6.20 Å². The smallest absolute Gasteiger partial charge is 0.141 e. The number of nitrogens with two attached hydrogens (primary N) is 1. The Labute approximate surface area is 102 Å². The number of hydrogen-bond acceptors (Lipinski definition) is 3. The van der Waals surface area contributed by atoms with Gasteiger partial charge >= 0.3 is 0 Å². The molecule has 0 spiro atoms. The molecule has 0 unspecified atom stereocenters. The van der Waals surface area contributed by atoms with E-state index in [1.54, 1.807) is 18.3 Å². The number of nitrogens with zero attached hydrogens (tertiary/aromatic N) is 1. The van der Waals surface area contributed by atoms with Crippen molar-refractivity contribution in [3.8, 4) is 0 Å². The Morgan fingerprint density at radius 2 is 2.00 bits per heavy atom. The third-order valence-electron chi connectivity index (χ3n) is 2.11. The zero-order chi connectivity index (χ0) is 12.3. The minimum atomic E-state index is -0.388. The Bertz CT molecular complexity index is 532. The summed E-state index contributed by atoms with van der Waals surface area (Å²) in [5, 5.41) is 0. The van der Waals surface area contributed by atoms with Crippen molar-refractivity contribution in [1.82, 2.24) is 4.98 Å². The van der Waals surface area contributed by atoms with Crippen LogP contribution in [0.5, 0.6) is 0 Å². The molecule has 0 fully saturated rings. The number of aromatic nitrogens is 1. The van der Waals surface area contributed by atoms with Crippen LogP contribution in [0.4, 0.5) is 14.5 Å². The Morgan fingerprint density at radius 3 is 2.71 bits per heavy atom. The maximum absolute atomic E-state index is 13.4. The van der Waals surface area contributed by atoms with Gasteiger partial charge in [-0.3, -0.25) is 4.98 Å². The molecule has 2 nitrogen and oxygen atoms in total. The van der Waals surface area contributed by atoms with E-state index in [9.17, 15) is 8.78 Å². The van der Waals surface area contributed by atoms with Gasteiger partial charge in [-0.1, -0.05) is 0 Å². The molecule has 17 heavy (non-hydrogen) atoms. The van der Waals surface area contributed by atoms with E-state index in [4.69, 9.17) is 5.73 Å². The first-order valence-electron chi connectivity index (χ1n) is 4.92. The second-order valence-corrected chi connectivity index (χ2v) is 4.51. The summed E-state index contributed by atoms with van der Waals surface area (Å²) < 4.78 is 26.3. The minimum absolute atomic E-state index is 0.362. The number of thioether (sulfide) groups is 1. The maximum Gasteiger partial charge on any atom is 0.141 e. The highest BCUT2D eigenvalue weighted by atomic mass is 32.2. The van der Waals surface area contributed by atoms with Crippen LogP contribution in [0.15, 0.2) is 41.6 Å². The summed E-state index contributed by atoms with van der Waals surface area (Å²) >= 11 is 1.28. The van der Waals surface area contributed by atoms with Crippen LogP contribution in [-0.2, 0) is 5.75 Å². The Balaban J connectivity index is 2.07. The third-order valence-corrected chi connectivity index (χ3v) is 3.23. The summed E-state index contributed by atoms with van der Waals surface area (Å²) in [6, 6.07) is 5.90. The van der Waals surface area contributed by atoms with Crippen LogP contribution in [0, 0.1) is 11.6 Å². The van der Waals surface area contributed by atoms with Gasteiger partial charge in [-0.15, -0.1) is 11.8 Å². The monoisotopic (exact) mass is 252 g/mol. The maximum atomic E-state index is 13.4. The average Bonchev–Trinajstić information content (AvgIpc) is 2.28. The molecular weight excluding hydrogens is 242 g/mol. The highest BCUT2D eigenvalue weighted by Crippen LogP contribution is 2.26. The van der Waals surface area contributed by atoms with E-state index in [2.05, 4.69) is 4.98 Å². The summed E-state index contributed by atoms with van der Waals surface area (Å²) in [5.74, 6) is -0.286. The predicted molar refractivity (Wildman–Crippen MR) is 64.6 cm³/mol. The van der Waals surface area contributed by atoms with Crippen LogP contribution in [0.2, 0.25) is 0 Å². The highest BCUT2D eigenvalue weighted by Gasteiger charge is 2.04. The molecule has 0 saturated heterocycles. The van der Waals surface area contributed by atoms with Crippen LogP contribution >= 0.6 is 11.8 Å². The molecule has 0 atom stereocenters. The SMILES string of the molecule is Nc1ccc(SCc2cncc(F)c2)c(F)c1. The number of hydrogen-bond donors (Lipinski definition) is 1. The summed E-state index contributed by atoms with van der Waals surface area (Å²) in [7, 11) is 0. The van der Waals surface area contributed by atoms with E-state index in [-0.39, 0.29) is 11.6 Å². The van der Waals surface area contributed by atoms with Crippen LogP contribution in [0.3, 0.4) is 0 Å². The number of benzene rings is 1. The van der Waals surface area contributed by atoms with Crippen LogP contribution < -0.4 is 5.73 Å². The molecule has 0 saturated carbocycles. The van der Waals surface area contributed by atoms with Gasteiger partial charge in [-0.25, -0.2) is 8.78 Å². The van der Waals surface area contributed by atoms with E-state index < -0.39 is 0 Å². The molecule has 2 N–H and O–H groups in total. The molecule has 2 rings (SSSR count). The lowest BCUT2D eigenvalue weighted by molar-refractivity contribution is 0.602. The molecule has 88 valence electrons. The van der Waals surface area contributed by atoms with Crippen LogP contribution in [0.25, 0.3) is 0 Å². The number of rotatable bonds is 3. The molecular formula is C12H10F2N2S. The first kappa shape index (κ1) is 11.9.